The van der Waals surface area contributed by atoms with Crippen molar-refractivity contribution in [3.63, 3.8) is 0 Å². The molecule has 40 heavy (non-hydrogen) atoms. The molecule has 0 aliphatic heterocycles. The lowest BCUT2D eigenvalue weighted by atomic mass is 10.2. The normalized spacial score (nSPS) is 11.4. The Morgan fingerprint density at radius 1 is 0.650 bits per heavy atom. The molecule has 2 amide bonds. The number of aromatic nitrogens is 4. The lowest BCUT2D eigenvalue weighted by molar-refractivity contribution is 0.0964. The van der Waals surface area contributed by atoms with Gasteiger partial charge in [-0.15, -0.1) is 0 Å². The number of amides is 2. The summed E-state index contributed by atoms with van der Waals surface area (Å²) in [7, 11) is 0. The van der Waals surface area contributed by atoms with Gasteiger partial charge in [0.1, 0.15) is 0 Å². The minimum absolute atomic E-state index is 0.000232. The second kappa shape index (κ2) is 17.4. The van der Waals surface area contributed by atoms with Crippen LogP contribution in [0.1, 0.15) is 73.3 Å². The Kier molecular flexibility index (Phi) is 14.7. The highest BCUT2D eigenvalue weighted by Crippen LogP contribution is 2.18. The maximum Gasteiger partial charge on any atom is 0.280 e. The number of aliphatic imine (C=N–C) groups is 2. The Labute approximate surface area is 241 Å². The maximum absolute atomic E-state index is 11.9. The molecule has 0 saturated heterocycles. The smallest absolute Gasteiger partial charge is 0.280 e. The van der Waals surface area contributed by atoms with Gasteiger partial charge in [0.25, 0.3) is 11.8 Å². The first kappa shape index (κ1) is 33.8. The third-order valence-corrected chi connectivity index (χ3v) is 5.37. The highest BCUT2D eigenvalue weighted by atomic mass is 35.5. The Morgan fingerprint density at radius 2 is 1.00 bits per heavy atom. The number of nitrogen functional groups attached to an aromatic ring is 4. The van der Waals surface area contributed by atoms with E-state index in [9.17, 15) is 9.59 Å². The second-order valence-electron chi connectivity index (χ2n) is 8.12. The number of carbonyl (C=O) groups excluding carboxylic acids is 2. The SMILES string of the molecule is CCCCCN=C(N)NC(=O)c1nc(Cl)c(N)nc1N.CCCCCN=C(N)NC(=O)c1nc(Cl)c(N)nc1N. The molecule has 0 spiro atoms. The topological polar surface area (TPSA) is 291 Å². The lowest BCUT2D eigenvalue weighted by Gasteiger charge is -2.07. The van der Waals surface area contributed by atoms with E-state index in [2.05, 4.69) is 54.4 Å². The number of nitrogens with two attached hydrogens (primary N) is 6. The van der Waals surface area contributed by atoms with Crippen LogP contribution in [0.25, 0.3) is 0 Å². The average molecular weight is 600 g/mol. The summed E-state index contributed by atoms with van der Waals surface area (Å²) in [4.78, 5) is 46.7. The van der Waals surface area contributed by atoms with E-state index in [4.69, 9.17) is 57.6 Å². The van der Waals surface area contributed by atoms with Crippen molar-refractivity contribution in [2.24, 2.45) is 21.5 Å². The van der Waals surface area contributed by atoms with E-state index < -0.39 is 11.8 Å². The first-order valence-corrected chi connectivity index (χ1v) is 13.1. The number of anilines is 4. The van der Waals surface area contributed by atoms with Crippen molar-refractivity contribution in [2.75, 3.05) is 36.0 Å². The van der Waals surface area contributed by atoms with Crippen LogP contribution in [-0.4, -0.2) is 56.8 Å². The minimum Gasteiger partial charge on any atom is -0.382 e. The number of hydrogen-bond donors (Lipinski definition) is 8. The van der Waals surface area contributed by atoms with Crippen molar-refractivity contribution >= 4 is 70.2 Å². The molecule has 220 valence electrons. The number of guanidine groups is 2. The van der Waals surface area contributed by atoms with Crippen molar-refractivity contribution < 1.29 is 9.59 Å². The molecular weight excluding hydrogens is 563 g/mol. The van der Waals surface area contributed by atoms with Crippen LogP contribution in [0.3, 0.4) is 0 Å². The molecule has 2 heterocycles. The van der Waals surface area contributed by atoms with Crippen LogP contribution >= 0.6 is 23.2 Å². The van der Waals surface area contributed by atoms with Crippen molar-refractivity contribution in [1.82, 2.24) is 30.6 Å². The summed E-state index contributed by atoms with van der Waals surface area (Å²) < 4.78 is 0. The van der Waals surface area contributed by atoms with Crippen LogP contribution < -0.4 is 45.0 Å². The number of nitrogens with zero attached hydrogens (tertiary/aromatic N) is 6. The van der Waals surface area contributed by atoms with Crippen LogP contribution in [0.5, 0.6) is 0 Å². The van der Waals surface area contributed by atoms with E-state index >= 15 is 0 Å². The second-order valence-corrected chi connectivity index (χ2v) is 8.84. The molecule has 18 heteroatoms. The van der Waals surface area contributed by atoms with Gasteiger partial charge in [-0.2, -0.15) is 0 Å². The van der Waals surface area contributed by atoms with E-state index in [0.717, 1.165) is 38.5 Å². The Hall–Kier alpha value is -4.18. The molecule has 0 radical (unpaired) electrons. The van der Waals surface area contributed by atoms with Gasteiger partial charge in [0.05, 0.1) is 0 Å². The molecule has 0 saturated carbocycles. The molecule has 14 N–H and O–H groups in total. The number of carbonyl (C=O) groups is 2. The van der Waals surface area contributed by atoms with Crippen LogP contribution in [0.2, 0.25) is 10.3 Å². The number of unbranched alkanes of at least 4 members (excludes halogenated alkanes) is 4. The third-order valence-electron chi connectivity index (χ3n) is 4.81. The molecule has 0 aromatic carbocycles. The predicted octanol–water partition coefficient (Wildman–Crippen LogP) is 1.06. The lowest BCUT2D eigenvalue weighted by Crippen LogP contribution is -2.38. The Morgan fingerprint density at radius 3 is 1.32 bits per heavy atom. The summed E-state index contributed by atoms with van der Waals surface area (Å²) in [5.41, 5.74) is 32.8. The Bertz CT molecular complexity index is 1130. The molecule has 0 aliphatic carbocycles. The van der Waals surface area contributed by atoms with Gasteiger partial charge >= 0.3 is 0 Å². The van der Waals surface area contributed by atoms with E-state index in [1.165, 1.54) is 0 Å². The summed E-state index contributed by atoms with van der Waals surface area (Å²) in [5.74, 6) is -1.59. The van der Waals surface area contributed by atoms with Gasteiger partial charge in [-0.1, -0.05) is 62.7 Å². The van der Waals surface area contributed by atoms with Gasteiger partial charge < -0.3 is 34.4 Å². The monoisotopic (exact) mass is 598 g/mol. The van der Waals surface area contributed by atoms with Gasteiger partial charge in [-0.05, 0) is 12.8 Å². The van der Waals surface area contributed by atoms with E-state index in [1.807, 2.05) is 0 Å². The molecule has 2 aromatic rings. The van der Waals surface area contributed by atoms with Gasteiger partial charge in [-0.3, -0.25) is 30.2 Å². The van der Waals surface area contributed by atoms with Crippen molar-refractivity contribution in [1.29, 1.82) is 0 Å². The maximum atomic E-state index is 11.9. The van der Waals surface area contributed by atoms with Gasteiger partial charge in [0.15, 0.2) is 56.9 Å². The first-order valence-electron chi connectivity index (χ1n) is 12.3. The number of hydrogen-bond acceptors (Lipinski definition) is 12. The van der Waals surface area contributed by atoms with Crippen molar-refractivity contribution in [3.8, 4) is 0 Å². The zero-order chi connectivity index (χ0) is 30.2. The van der Waals surface area contributed by atoms with Gasteiger partial charge in [-0.25, -0.2) is 19.9 Å². The zero-order valence-corrected chi connectivity index (χ0v) is 23.9. The number of nitrogens with one attached hydrogen (secondary N) is 2. The van der Waals surface area contributed by atoms with Crippen molar-refractivity contribution in [3.05, 3.63) is 21.7 Å². The van der Waals surface area contributed by atoms with Crippen LogP contribution in [0, 0.1) is 0 Å². The fourth-order valence-electron chi connectivity index (χ4n) is 2.77. The molecule has 0 bridgehead atoms. The molecular formula is C22H36Cl2N14O2. The predicted molar refractivity (Wildman–Crippen MR) is 159 cm³/mol. The average Bonchev–Trinajstić information content (AvgIpc) is 2.89. The molecule has 0 atom stereocenters. The van der Waals surface area contributed by atoms with Crippen LogP contribution in [0.15, 0.2) is 9.98 Å². The quantitative estimate of drug-likeness (QED) is 0.108. The van der Waals surface area contributed by atoms with E-state index in [1.54, 1.807) is 0 Å². The van der Waals surface area contributed by atoms with Crippen molar-refractivity contribution in [2.45, 2.75) is 52.4 Å². The van der Waals surface area contributed by atoms with Crippen LogP contribution in [-0.2, 0) is 0 Å². The third kappa shape index (κ3) is 11.7. The van der Waals surface area contributed by atoms with E-state index in [0.29, 0.717) is 13.1 Å². The van der Waals surface area contributed by atoms with E-state index in [-0.39, 0.29) is 56.9 Å². The molecule has 16 nitrogen and oxygen atoms in total. The highest BCUT2D eigenvalue weighted by molar-refractivity contribution is 6.32. The molecule has 0 fully saturated rings. The number of halogens is 2. The zero-order valence-electron chi connectivity index (χ0n) is 22.4. The first-order chi connectivity index (χ1) is 18.9. The summed E-state index contributed by atoms with van der Waals surface area (Å²) >= 11 is 11.4. The highest BCUT2D eigenvalue weighted by Gasteiger charge is 2.17. The summed E-state index contributed by atoms with van der Waals surface area (Å²) in [6.07, 6.45) is 6.08. The largest absolute Gasteiger partial charge is 0.382 e. The fraction of sp³-hybridized carbons (Fsp3) is 0.455. The summed E-state index contributed by atoms with van der Waals surface area (Å²) in [5, 5.41) is 4.55. The van der Waals surface area contributed by atoms with Gasteiger partial charge in [0.2, 0.25) is 0 Å². The summed E-state index contributed by atoms with van der Waals surface area (Å²) in [6, 6.07) is 0. The van der Waals surface area contributed by atoms with Crippen LogP contribution in [0.4, 0.5) is 23.3 Å². The molecule has 0 aliphatic rings. The molecule has 2 aromatic heterocycles. The Balaban J connectivity index is 0.000000400. The number of rotatable bonds is 10. The van der Waals surface area contributed by atoms with Gasteiger partial charge in [0, 0.05) is 13.1 Å². The fourth-order valence-corrected chi connectivity index (χ4v) is 3.02. The summed E-state index contributed by atoms with van der Waals surface area (Å²) in [6.45, 7) is 5.26. The molecule has 2 rings (SSSR count). The molecule has 0 unspecified atom stereocenters. The minimum atomic E-state index is -0.631. The standard InChI is InChI=1S/2C11H18ClN7O/c2*1-2-3-4-5-16-11(15)19-10(20)6-8(13)18-9(14)7(12)17-6/h2*2-5H2,1H3,(H4,13,14,18)(H3,15,16,19,20).